The summed E-state index contributed by atoms with van der Waals surface area (Å²) < 4.78 is 5.25. The van der Waals surface area contributed by atoms with E-state index < -0.39 is 0 Å². The van der Waals surface area contributed by atoms with Crippen LogP contribution in [0.15, 0.2) is 18.2 Å². The molecule has 1 fully saturated rings. The van der Waals surface area contributed by atoms with Crippen molar-refractivity contribution >= 4 is 11.6 Å². The van der Waals surface area contributed by atoms with Gasteiger partial charge in [0.1, 0.15) is 11.3 Å². The molecule has 0 aliphatic carbocycles. The molecule has 1 aromatic carbocycles. The van der Waals surface area contributed by atoms with Crippen molar-refractivity contribution in [1.29, 1.82) is 0 Å². The average molecular weight is 277 g/mol. The number of hydrogen-bond acceptors (Lipinski definition) is 4. The standard InChI is InChI=1S/C15H23N3O2/c1-17-8-7-11(9-17)10-18(2)15(19)14-12(16)5-4-6-13(14)20-3/h4-6,11H,7-10,16H2,1-3H3. The van der Waals surface area contributed by atoms with E-state index in [9.17, 15) is 4.79 Å². The second-order valence-electron chi connectivity index (χ2n) is 5.53. The van der Waals surface area contributed by atoms with Gasteiger partial charge in [0.15, 0.2) is 0 Å². The van der Waals surface area contributed by atoms with Gasteiger partial charge in [0.05, 0.1) is 7.11 Å². The van der Waals surface area contributed by atoms with E-state index in [1.165, 1.54) is 0 Å². The first-order chi connectivity index (χ1) is 9.52. The Morgan fingerprint density at radius 2 is 2.30 bits per heavy atom. The molecule has 110 valence electrons. The number of anilines is 1. The number of nitrogens with zero attached hydrogens (tertiary/aromatic N) is 2. The molecule has 1 heterocycles. The SMILES string of the molecule is COc1cccc(N)c1C(=O)N(C)CC1CCN(C)C1. The smallest absolute Gasteiger partial charge is 0.259 e. The molecule has 1 atom stereocenters. The number of hydrogen-bond donors (Lipinski definition) is 1. The van der Waals surface area contributed by atoms with Crippen LogP contribution in [0.5, 0.6) is 5.75 Å². The van der Waals surface area contributed by atoms with Gasteiger partial charge in [-0.05, 0) is 38.1 Å². The Labute approximate surface area is 120 Å². The van der Waals surface area contributed by atoms with Crippen molar-refractivity contribution in [2.24, 2.45) is 5.92 Å². The van der Waals surface area contributed by atoms with E-state index in [1.54, 1.807) is 30.2 Å². The number of benzene rings is 1. The third kappa shape index (κ3) is 3.04. The van der Waals surface area contributed by atoms with Crippen LogP contribution in [0.1, 0.15) is 16.8 Å². The zero-order valence-electron chi connectivity index (χ0n) is 12.4. The molecule has 1 amide bonds. The highest BCUT2D eigenvalue weighted by molar-refractivity contribution is 6.01. The number of rotatable bonds is 4. The fourth-order valence-corrected chi connectivity index (χ4v) is 2.78. The van der Waals surface area contributed by atoms with E-state index in [1.807, 2.05) is 7.05 Å². The highest BCUT2D eigenvalue weighted by Crippen LogP contribution is 2.26. The molecular weight excluding hydrogens is 254 g/mol. The molecular formula is C15H23N3O2. The van der Waals surface area contributed by atoms with Gasteiger partial charge in [-0.15, -0.1) is 0 Å². The molecule has 2 rings (SSSR count). The molecule has 0 aromatic heterocycles. The van der Waals surface area contributed by atoms with Crippen molar-refractivity contribution in [3.8, 4) is 5.75 Å². The van der Waals surface area contributed by atoms with Crippen molar-refractivity contribution < 1.29 is 9.53 Å². The van der Waals surface area contributed by atoms with Gasteiger partial charge in [-0.2, -0.15) is 0 Å². The van der Waals surface area contributed by atoms with Crippen LogP contribution in [-0.4, -0.2) is 56.5 Å². The van der Waals surface area contributed by atoms with E-state index in [2.05, 4.69) is 11.9 Å². The second kappa shape index (κ2) is 6.13. The van der Waals surface area contributed by atoms with Gasteiger partial charge < -0.3 is 20.3 Å². The summed E-state index contributed by atoms with van der Waals surface area (Å²) in [4.78, 5) is 16.6. The van der Waals surface area contributed by atoms with Crippen molar-refractivity contribution in [2.45, 2.75) is 6.42 Å². The van der Waals surface area contributed by atoms with Crippen LogP contribution < -0.4 is 10.5 Å². The van der Waals surface area contributed by atoms with Gasteiger partial charge in [0.2, 0.25) is 0 Å². The first kappa shape index (κ1) is 14.7. The maximum Gasteiger partial charge on any atom is 0.259 e. The topological polar surface area (TPSA) is 58.8 Å². The van der Waals surface area contributed by atoms with Crippen LogP contribution in [0, 0.1) is 5.92 Å². The number of likely N-dealkylation sites (tertiary alicyclic amines) is 1. The Kier molecular flexibility index (Phi) is 4.49. The molecule has 1 unspecified atom stereocenters. The maximum absolute atomic E-state index is 12.6. The first-order valence-corrected chi connectivity index (χ1v) is 6.89. The van der Waals surface area contributed by atoms with E-state index in [0.717, 1.165) is 26.1 Å². The second-order valence-corrected chi connectivity index (χ2v) is 5.53. The predicted octanol–water partition coefficient (Wildman–Crippen LogP) is 1.30. The van der Waals surface area contributed by atoms with Gasteiger partial charge >= 0.3 is 0 Å². The summed E-state index contributed by atoms with van der Waals surface area (Å²) in [6, 6.07) is 5.28. The summed E-state index contributed by atoms with van der Waals surface area (Å²) in [6.07, 6.45) is 1.13. The zero-order chi connectivity index (χ0) is 14.7. The lowest BCUT2D eigenvalue weighted by Gasteiger charge is -2.23. The van der Waals surface area contributed by atoms with Gasteiger partial charge in [-0.3, -0.25) is 4.79 Å². The summed E-state index contributed by atoms with van der Waals surface area (Å²) in [5.41, 5.74) is 6.85. The molecule has 1 saturated heterocycles. The Morgan fingerprint density at radius 1 is 1.55 bits per heavy atom. The number of nitrogens with two attached hydrogens (primary N) is 1. The van der Waals surface area contributed by atoms with Crippen LogP contribution in [-0.2, 0) is 0 Å². The third-order valence-corrected chi connectivity index (χ3v) is 3.86. The van der Waals surface area contributed by atoms with Gasteiger partial charge in [-0.1, -0.05) is 6.07 Å². The zero-order valence-corrected chi connectivity index (χ0v) is 12.4. The van der Waals surface area contributed by atoms with E-state index in [-0.39, 0.29) is 5.91 Å². The number of carbonyl (C=O) groups is 1. The Balaban J connectivity index is 2.10. The largest absolute Gasteiger partial charge is 0.496 e. The van der Waals surface area contributed by atoms with Crippen LogP contribution in [0.25, 0.3) is 0 Å². The summed E-state index contributed by atoms with van der Waals surface area (Å²) in [5.74, 6) is 0.991. The summed E-state index contributed by atoms with van der Waals surface area (Å²) in [5, 5.41) is 0. The lowest BCUT2D eigenvalue weighted by molar-refractivity contribution is 0.0772. The van der Waals surface area contributed by atoms with E-state index in [4.69, 9.17) is 10.5 Å². The lowest BCUT2D eigenvalue weighted by atomic mass is 10.1. The number of ether oxygens (including phenoxy) is 1. The fourth-order valence-electron chi connectivity index (χ4n) is 2.78. The van der Waals surface area contributed by atoms with Gasteiger partial charge in [0.25, 0.3) is 5.91 Å². The first-order valence-electron chi connectivity index (χ1n) is 6.89. The van der Waals surface area contributed by atoms with Gasteiger partial charge in [-0.25, -0.2) is 0 Å². The Hall–Kier alpha value is -1.75. The minimum absolute atomic E-state index is 0.0745. The molecule has 0 bridgehead atoms. The quantitative estimate of drug-likeness (QED) is 0.843. The number of methoxy groups -OCH3 is 1. The predicted molar refractivity (Wildman–Crippen MR) is 80.0 cm³/mol. The van der Waals surface area contributed by atoms with Crippen LogP contribution in [0.2, 0.25) is 0 Å². The Morgan fingerprint density at radius 3 is 2.90 bits per heavy atom. The number of amides is 1. The molecule has 1 aliphatic rings. The molecule has 5 nitrogen and oxygen atoms in total. The molecule has 1 aromatic rings. The molecule has 1 aliphatic heterocycles. The normalized spacial score (nSPS) is 19.1. The monoisotopic (exact) mass is 277 g/mol. The van der Waals surface area contributed by atoms with Crippen molar-refractivity contribution in [2.75, 3.05) is 46.6 Å². The van der Waals surface area contributed by atoms with Crippen LogP contribution in [0.3, 0.4) is 0 Å². The molecule has 2 N–H and O–H groups in total. The number of carbonyl (C=O) groups excluding carboxylic acids is 1. The van der Waals surface area contributed by atoms with Crippen molar-refractivity contribution in [3.63, 3.8) is 0 Å². The maximum atomic E-state index is 12.6. The van der Waals surface area contributed by atoms with E-state index >= 15 is 0 Å². The highest BCUT2D eigenvalue weighted by atomic mass is 16.5. The minimum atomic E-state index is -0.0745. The summed E-state index contributed by atoms with van der Waals surface area (Å²) >= 11 is 0. The average Bonchev–Trinajstić information content (AvgIpc) is 2.82. The van der Waals surface area contributed by atoms with E-state index in [0.29, 0.717) is 22.9 Å². The van der Waals surface area contributed by atoms with Crippen LogP contribution in [0.4, 0.5) is 5.69 Å². The van der Waals surface area contributed by atoms with Gasteiger partial charge in [0, 0.05) is 25.8 Å². The molecule has 5 heteroatoms. The highest BCUT2D eigenvalue weighted by Gasteiger charge is 2.25. The summed E-state index contributed by atoms with van der Waals surface area (Å²) in [7, 11) is 5.49. The molecule has 0 spiro atoms. The lowest BCUT2D eigenvalue weighted by Crippen LogP contribution is -2.33. The molecule has 0 saturated carbocycles. The molecule has 20 heavy (non-hydrogen) atoms. The Bertz CT molecular complexity index is 490. The van der Waals surface area contributed by atoms with Crippen molar-refractivity contribution in [1.82, 2.24) is 9.80 Å². The van der Waals surface area contributed by atoms with Crippen molar-refractivity contribution in [3.05, 3.63) is 23.8 Å². The minimum Gasteiger partial charge on any atom is -0.496 e. The fraction of sp³-hybridized carbons (Fsp3) is 0.533. The molecule has 0 radical (unpaired) electrons. The summed E-state index contributed by atoms with van der Waals surface area (Å²) in [6.45, 7) is 2.89. The van der Waals surface area contributed by atoms with Crippen LogP contribution >= 0.6 is 0 Å². The number of nitrogen functional groups attached to an aromatic ring is 1. The third-order valence-electron chi connectivity index (χ3n) is 3.86.